The summed E-state index contributed by atoms with van der Waals surface area (Å²) in [5.74, 6) is 0.743. The first-order valence-corrected chi connectivity index (χ1v) is 8.43. The van der Waals surface area contributed by atoms with Crippen molar-refractivity contribution in [2.45, 2.75) is 18.0 Å². The van der Waals surface area contributed by atoms with Crippen LogP contribution >= 0.6 is 11.8 Å². The minimum absolute atomic E-state index is 0.0133. The van der Waals surface area contributed by atoms with Crippen LogP contribution in [-0.2, 0) is 0 Å². The maximum absolute atomic E-state index is 12.4. The Morgan fingerprint density at radius 1 is 1.32 bits per heavy atom. The number of rotatable bonds is 6. The Balaban J connectivity index is 1.55. The number of aromatic nitrogens is 3. The summed E-state index contributed by atoms with van der Waals surface area (Å²) < 4.78 is 0. The van der Waals surface area contributed by atoms with Gasteiger partial charge in [0.1, 0.15) is 6.33 Å². The summed E-state index contributed by atoms with van der Waals surface area (Å²) in [5, 5.41) is 10.3. The van der Waals surface area contributed by atoms with Gasteiger partial charge in [-0.3, -0.25) is 9.89 Å². The summed E-state index contributed by atoms with van der Waals surface area (Å²) in [6.45, 7) is 2.66. The number of anilines is 1. The molecule has 0 unspecified atom stereocenters. The molecule has 2 heterocycles. The zero-order valence-corrected chi connectivity index (χ0v) is 13.1. The molecule has 0 aliphatic carbocycles. The average molecular weight is 317 g/mol. The second-order valence-electron chi connectivity index (χ2n) is 5.11. The molecule has 0 bridgehead atoms. The standard InChI is InChI=1S/C15H19N5OS/c21-14(16-7-10-22-15-17-11-18-19-15)12-5-1-2-6-13(12)20-8-3-4-9-20/h1-2,5-6,11H,3-4,7-10H2,(H,16,21)(H,17,18,19). The molecule has 2 aromatic rings. The Kier molecular flexibility index (Phi) is 4.95. The van der Waals surface area contributed by atoms with E-state index in [1.54, 1.807) is 0 Å². The number of thioether (sulfide) groups is 1. The van der Waals surface area contributed by atoms with Crippen molar-refractivity contribution in [3.8, 4) is 0 Å². The van der Waals surface area contributed by atoms with Gasteiger partial charge < -0.3 is 10.2 Å². The monoisotopic (exact) mass is 317 g/mol. The van der Waals surface area contributed by atoms with Gasteiger partial charge in [-0.05, 0) is 25.0 Å². The number of para-hydroxylation sites is 1. The predicted molar refractivity (Wildman–Crippen MR) is 87.3 cm³/mol. The van der Waals surface area contributed by atoms with Gasteiger partial charge in [0, 0.05) is 31.1 Å². The fourth-order valence-corrected chi connectivity index (χ4v) is 3.21. The third-order valence-electron chi connectivity index (χ3n) is 3.61. The molecular formula is C15H19N5OS. The maximum Gasteiger partial charge on any atom is 0.253 e. The van der Waals surface area contributed by atoms with E-state index in [0.29, 0.717) is 6.54 Å². The van der Waals surface area contributed by atoms with Crippen LogP contribution in [0.4, 0.5) is 5.69 Å². The average Bonchev–Trinajstić information content (AvgIpc) is 3.24. The summed E-state index contributed by atoms with van der Waals surface area (Å²) >= 11 is 1.54. The lowest BCUT2D eigenvalue weighted by Crippen LogP contribution is -2.28. The van der Waals surface area contributed by atoms with Crippen LogP contribution in [0.1, 0.15) is 23.2 Å². The highest BCUT2D eigenvalue weighted by molar-refractivity contribution is 7.99. The number of carbonyl (C=O) groups is 1. The number of amides is 1. The van der Waals surface area contributed by atoms with E-state index >= 15 is 0 Å². The SMILES string of the molecule is O=C(NCCSc1ncn[nH]1)c1ccccc1N1CCCC1. The first-order valence-electron chi connectivity index (χ1n) is 7.45. The Bertz CT molecular complexity index is 610. The Morgan fingerprint density at radius 2 is 2.14 bits per heavy atom. The van der Waals surface area contributed by atoms with Crippen LogP contribution in [0.5, 0.6) is 0 Å². The van der Waals surface area contributed by atoms with Gasteiger partial charge in [0.15, 0.2) is 5.16 Å². The number of H-pyrrole nitrogens is 1. The molecule has 0 atom stereocenters. The van der Waals surface area contributed by atoms with Crippen molar-refractivity contribution in [2.24, 2.45) is 0 Å². The van der Waals surface area contributed by atoms with Crippen LogP contribution in [0, 0.1) is 0 Å². The Morgan fingerprint density at radius 3 is 2.91 bits per heavy atom. The summed E-state index contributed by atoms with van der Waals surface area (Å²) in [7, 11) is 0. The van der Waals surface area contributed by atoms with Crippen LogP contribution in [0.15, 0.2) is 35.7 Å². The molecule has 0 saturated carbocycles. The van der Waals surface area contributed by atoms with Crippen LogP contribution < -0.4 is 10.2 Å². The van der Waals surface area contributed by atoms with E-state index in [1.165, 1.54) is 30.9 Å². The van der Waals surface area contributed by atoms with E-state index in [2.05, 4.69) is 25.4 Å². The van der Waals surface area contributed by atoms with Crippen molar-refractivity contribution >= 4 is 23.4 Å². The predicted octanol–water partition coefficient (Wildman–Crippen LogP) is 1.93. The van der Waals surface area contributed by atoms with Gasteiger partial charge in [-0.1, -0.05) is 23.9 Å². The molecule has 116 valence electrons. The van der Waals surface area contributed by atoms with Crippen molar-refractivity contribution in [2.75, 3.05) is 30.3 Å². The fraction of sp³-hybridized carbons (Fsp3) is 0.400. The van der Waals surface area contributed by atoms with Crippen LogP contribution in [0.3, 0.4) is 0 Å². The molecule has 1 aromatic carbocycles. The molecule has 2 N–H and O–H groups in total. The minimum atomic E-state index is -0.0133. The molecule has 6 nitrogen and oxygen atoms in total. The third kappa shape index (κ3) is 3.59. The highest BCUT2D eigenvalue weighted by atomic mass is 32.2. The smallest absolute Gasteiger partial charge is 0.253 e. The van der Waals surface area contributed by atoms with Gasteiger partial charge in [0.05, 0.1) is 5.56 Å². The molecule has 1 aliphatic rings. The maximum atomic E-state index is 12.4. The topological polar surface area (TPSA) is 73.9 Å². The number of nitrogens with zero attached hydrogens (tertiary/aromatic N) is 3. The number of nitrogens with one attached hydrogen (secondary N) is 2. The summed E-state index contributed by atoms with van der Waals surface area (Å²) in [5.41, 5.74) is 1.80. The molecule has 1 amide bonds. The second kappa shape index (κ2) is 7.31. The van der Waals surface area contributed by atoms with Crippen molar-refractivity contribution in [3.05, 3.63) is 36.2 Å². The highest BCUT2D eigenvalue weighted by Crippen LogP contribution is 2.24. The lowest BCUT2D eigenvalue weighted by molar-refractivity contribution is 0.0956. The summed E-state index contributed by atoms with van der Waals surface area (Å²) in [6, 6.07) is 7.83. The zero-order valence-electron chi connectivity index (χ0n) is 12.3. The minimum Gasteiger partial charge on any atom is -0.371 e. The summed E-state index contributed by atoms with van der Waals surface area (Å²) in [4.78, 5) is 18.7. The summed E-state index contributed by atoms with van der Waals surface area (Å²) in [6.07, 6.45) is 3.88. The molecule has 1 aromatic heterocycles. The molecule has 1 fully saturated rings. The largest absolute Gasteiger partial charge is 0.371 e. The second-order valence-corrected chi connectivity index (χ2v) is 6.19. The number of hydrogen-bond donors (Lipinski definition) is 2. The molecule has 22 heavy (non-hydrogen) atoms. The van der Waals surface area contributed by atoms with E-state index in [4.69, 9.17) is 0 Å². The molecule has 0 radical (unpaired) electrons. The number of carbonyl (C=O) groups excluding carboxylic acids is 1. The van der Waals surface area contributed by atoms with E-state index in [9.17, 15) is 4.79 Å². The Labute approximate surface area is 133 Å². The molecule has 1 aliphatic heterocycles. The molecule has 1 saturated heterocycles. The lowest BCUT2D eigenvalue weighted by atomic mass is 10.1. The molecule has 7 heteroatoms. The van der Waals surface area contributed by atoms with Gasteiger partial charge in [0.25, 0.3) is 5.91 Å². The van der Waals surface area contributed by atoms with Crippen molar-refractivity contribution < 1.29 is 4.79 Å². The van der Waals surface area contributed by atoms with E-state index in [1.807, 2.05) is 24.3 Å². The normalized spacial score (nSPS) is 14.3. The lowest BCUT2D eigenvalue weighted by Gasteiger charge is -2.20. The molecule has 0 spiro atoms. The number of benzene rings is 1. The van der Waals surface area contributed by atoms with Gasteiger partial charge in [-0.2, -0.15) is 5.10 Å². The van der Waals surface area contributed by atoms with E-state index in [0.717, 1.165) is 35.2 Å². The third-order valence-corrected chi connectivity index (χ3v) is 4.49. The van der Waals surface area contributed by atoms with Crippen LogP contribution in [0.25, 0.3) is 0 Å². The van der Waals surface area contributed by atoms with Crippen LogP contribution in [0.2, 0.25) is 0 Å². The van der Waals surface area contributed by atoms with E-state index in [-0.39, 0.29) is 5.91 Å². The molecule has 3 rings (SSSR count). The van der Waals surface area contributed by atoms with E-state index < -0.39 is 0 Å². The van der Waals surface area contributed by atoms with Crippen molar-refractivity contribution in [1.29, 1.82) is 0 Å². The zero-order chi connectivity index (χ0) is 15.2. The van der Waals surface area contributed by atoms with Gasteiger partial charge >= 0.3 is 0 Å². The molecular weight excluding hydrogens is 298 g/mol. The van der Waals surface area contributed by atoms with Crippen molar-refractivity contribution in [3.63, 3.8) is 0 Å². The van der Waals surface area contributed by atoms with Crippen molar-refractivity contribution in [1.82, 2.24) is 20.5 Å². The number of hydrogen-bond acceptors (Lipinski definition) is 5. The van der Waals surface area contributed by atoms with Gasteiger partial charge in [0.2, 0.25) is 0 Å². The van der Waals surface area contributed by atoms with Crippen LogP contribution in [-0.4, -0.2) is 46.5 Å². The number of aromatic amines is 1. The first-order chi connectivity index (χ1) is 10.8. The quantitative estimate of drug-likeness (QED) is 0.629. The first kappa shape index (κ1) is 14.9. The van der Waals surface area contributed by atoms with Gasteiger partial charge in [-0.25, -0.2) is 4.98 Å². The Hall–Kier alpha value is -2.02. The fourth-order valence-electron chi connectivity index (χ4n) is 2.57. The highest BCUT2D eigenvalue weighted by Gasteiger charge is 2.18. The van der Waals surface area contributed by atoms with Gasteiger partial charge in [-0.15, -0.1) is 0 Å².